The monoisotopic (exact) mass is 458 g/mol. The van der Waals surface area contributed by atoms with Crippen LogP contribution in [0.3, 0.4) is 0 Å². The number of ether oxygens (including phenoxy) is 2. The minimum Gasteiger partial charge on any atom is -0.459 e. The van der Waals surface area contributed by atoms with Gasteiger partial charge in [0.2, 0.25) is 5.91 Å². The Hall–Kier alpha value is -4.13. The fourth-order valence-corrected chi connectivity index (χ4v) is 4.15. The van der Waals surface area contributed by atoms with E-state index in [9.17, 15) is 14.4 Å². The third-order valence-corrected chi connectivity index (χ3v) is 5.82. The Morgan fingerprint density at radius 3 is 2.03 bits per heavy atom. The molecule has 7 nitrogen and oxygen atoms in total. The van der Waals surface area contributed by atoms with Crippen molar-refractivity contribution in [1.29, 1.82) is 0 Å². The number of nitrogens with one attached hydrogen (secondary N) is 1. The first-order chi connectivity index (χ1) is 16.5. The summed E-state index contributed by atoms with van der Waals surface area (Å²) in [7, 11) is 0. The summed E-state index contributed by atoms with van der Waals surface area (Å²) in [6.07, 6.45) is -0.810. The van der Waals surface area contributed by atoms with E-state index in [0.717, 1.165) is 27.8 Å². The van der Waals surface area contributed by atoms with Gasteiger partial charge in [-0.3, -0.25) is 4.79 Å². The van der Waals surface area contributed by atoms with Gasteiger partial charge in [-0.2, -0.15) is 0 Å². The predicted molar refractivity (Wildman–Crippen MR) is 127 cm³/mol. The van der Waals surface area contributed by atoms with E-state index in [1.807, 2.05) is 66.7 Å². The van der Waals surface area contributed by atoms with E-state index in [1.54, 1.807) is 0 Å². The summed E-state index contributed by atoms with van der Waals surface area (Å²) in [6.45, 7) is 0.167. The van der Waals surface area contributed by atoms with Gasteiger partial charge in [0.1, 0.15) is 19.3 Å². The van der Waals surface area contributed by atoms with E-state index < -0.39 is 24.0 Å². The minimum atomic E-state index is -1.05. The van der Waals surface area contributed by atoms with Crippen LogP contribution < -0.4 is 11.1 Å². The molecule has 1 aliphatic carbocycles. The first-order valence-corrected chi connectivity index (χ1v) is 11.1. The fourth-order valence-electron chi connectivity index (χ4n) is 4.15. The number of hydrogen-bond acceptors (Lipinski definition) is 5. The molecule has 1 unspecified atom stereocenters. The van der Waals surface area contributed by atoms with Crippen molar-refractivity contribution in [3.05, 3.63) is 95.6 Å². The maximum atomic E-state index is 12.6. The Balaban J connectivity index is 1.39. The van der Waals surface area contributed by atoms with E-state index in [2.05, 4.69) is 17.4 Å². The smallest absolute Gasteiger partial charge is 0.407 e. The second-order valence-corrected chi connectivity index (χ2v) is 8.12. The number of carbonyl (C=O) groups is 3. The Bertz CT molecular complexity index is 1130. The molecule has 0 heterocycles. The summed E-state index contributed by atoms with van der Waals surface area (Å²) in [5.41, 5.74) is 10.5. The lowest BCUT2D eigenvalue weighted by atomic mass is 9.98. The van der Waals surface area contributed by atoms with Gasteiger partial charge in [0.25, 0.3) is 0 Å². The van der Waals surface area contributed by atoms with Gasteiger partial charge in [0.05, 0.1) is 0 Å². The molecule has 0 saturated carbocycles. The molecule has 0 radical (unpaired) electrons. The zero-order valence-electron chi connectivity index (χ0n) is 18.6. The van der Waals surface area contributed by atoms with Crippen molar-refractivity contribution >= 4 is 18.0 Å². The van der Waals surface area contributed by atoms with Crippen molar-refractivity contribution in [2.24, 2.45) is 5.73 Å². The highest BCUT2D eigenvalue weighted by Crippen LogP contribution is 2.44. The quantitative estimate of drug-likeness (QED) is 0.473. The molecule has 4 rings (SSSR count). The first-order valence-electron chi connectivity index (χ1n) is 11.1. The number of alkyl carbamates (subject to hydrolysis) is 1. The number of rotatable bonds is 9. The lowest BCUT2D eigenvalue weighted by Gasteiger charge is -2.19. The molecule has 34 heavy (non-hydrogen) atoms. The van der Waals surface area contributed by atoms with E-state index >= 15 is 0 Å². The van der Waals surface area contributed by atoms with Gasteiger partial charge in [-0.1, -0.05) is 78.9 Å². The third-order valence-electron chi connectivity index (χ3n) is 5.82. The minimum absolute atomic E-state index is 0.0210. The van der Waals surface area contributed by atoms with Crippen LogP contribution in [0.5, 0.6) is 0 Å². The molecule has 3 aromatic carbocycles. The number of benzene rings is 3. The number of fused-ring (bicyclic) bond motifs is 3. The summed E-state index contributed by atoms with van der Waals surface area (Å²) < 4.78 is 10.8. The molecule has 0 aliphatic heterocycles. The van der Waals surface area contributed by atoms with Gasteiger partial charge in [0.15, 0.2) is 0 Å². The lowest BCUT2D eigenvalue weighted by molar-refractivity contribution is -0.147. The number of carbonyl (C=O) groups excluding carboxylic acids is 3. The van der Waals surface area contributed by atoms with Gasteiger partial charge >= 0.3 is 12.1 Å². The van der Waals surface area contributed by atoms with Crippen LogP contribution in [0.4, 0.5) is 4.79 Å². The number of amides is 2. The fraction of sp³-hybridized carbons (Fsp3) is 0.222. The average molecular weight is 459 g/mol. The summed E-state index contributed by atoms with van der Waals surface area (Å²) in [4.78, 5) is 36.5. The van der Waals surface area contributed by atoms with Crippen molar-refractivity contribution < 1.29 is 23.9 Å². The summed E-state index contributed by atoms with van der Waals surface area (Å²) in [5, 5.41) is 2.54. The van der Waals surface area contributed by atoms with Crippen LogP contribution in [0.2, 0.25) is 0 Å². The second kappa shape index (κ2) is 10.7. The van der Waals surface area contributed by atoms with Crippen LogP contribution >= 0.6 is 0 Å². The molecular weight excluding hydrogens is 432 g/mol. The molecule has 174 valence electrons. The van der Waals surface area contributed by atoms with Crippen molar-refractivity contribution in [2.75, 3.05) is 6.61 Å². The van der Waals surface area contributed by atoms with Gasteiger partial charge in [-0.25, -0.2) is 9.59 Å². The largest absolute Gasteiger partial charge is 0.459 e. The molecule has 7 heteroatoms. The molecule has 0 fully saturated rings. The molecule has 2 amide bonds. The normalized spacial score (nSPS) is 12.8. The Morgan fingerprint density at radius 2 is 1.41 bits per heavy atom. The highest BCUT2D eigenvalue weighted by Gasteiger charge is 2.30. The highest BCUT2D eigenvalue weighted by molar-refractivity contribution is 5.83. The van der Waals surface area contributed by atoms with E-state index in [4.69, 9.17) is 15.2 Å². The van der Waals surface area contributed by atoms with Crippen molar-refractivity contribution in [1.82, 2.24) is 5.32 Å². The maximum Gasteiger partial charge on any atom is 0.407 e. The van der Waals surface area contributed by atoms with Gasteiger partial charge in [-0.05, 0) is 34.2 Å². The van der Waals surface area contributed by atoms with Crippen LogP contribution in [0.15, 0.2) is 78.9 Å². The summed E-state index contributed by atoms with van der Waals surface area (Å²) in [5.74, 6) is -1.33. The number of hydrogen-bond donors (Lipinski definition) is 2. The van der Waals surface area contributed by atoms with Gasteiger partial charge in [-0.15, -0.1) is 0 Å². The standard InChI is InChI=1S/C27H26N2O5/c28-25(30)15-14-24(26(31)33-16-18-8-2-1-3-9-18)29-27(32)34-17-23-21-12-6-4-10-19(21)20-11-5-7-13-22(20)23/h1-13,23-24H,14-17H2,(H2,28,30)(H,29,32). The van der Waals surface area contributed by atoms with E-state index in [0.29, 0.717) is 0 Å². The van der Waals surface area contributed by atoms with Crippen molar-refractivity contribution in [3.63, 3.8) is 0 Å². The highest BCUT2D eigenvalue weighted by atomic mass is 16.6. The van der Waals surface area contributed by atoms with Crippen molar-refractivity contribution in [2.45, 2.75) is 31.4 Å². The number of esters is 1. The topological polar surface area (TPSA) is 108 Å². The van der Waals surface area contributed by atoms with Crippen LogP contribution in [0, 0.1) is 0 Å². The Kier molecular flexibility index (Phi) is 7.22. The second-order valence-electron chi connectivity index (χ2n) is 8.12. The lowest BCUT2D eigenvalue weighted by Crippen LogP contribution is -2.43. The van der Waals surface area contributed by atoms with Gasteiger partial charge in [0, 0.05) is 12.3 Å². The maximum absolute atomic E-state index is 12.6. The van der Waals surface area contributed by atoms with Crippen LogP contribution in [-0.2, 0) is 25.7 Å². The Labute approximate surface area is 197 Å². The predicted octanol–water partition coefficient (Wildman–Crippen LogP) is 3.90. The van der Waals surface area contributed by atoms with E-state index in [-0.39, 0.29) is 32.0 Å². The molecule has 0 spiro atoms. The van der Waals surface area contributed by atoms with Crippen LogP contribution in [-0.4, -0.2) is 30.6 Å². The first kappa shape index (κ1) is 23.0. The summed E-state index contributed by atoms with van der Waals surface area (Å²) in [6, 6.07) is 24.2. The average Bonchev–Trinajstić information content (AvgIpc) is 3.18. The molecule has 0 bridgehead atoms. The van der Waals surface area contributed by atoms with Gasteiger partial charge < -0.3 is 20.5 Å². The third kappa shape index (κ3) is 5.43. The Morgan fingerprint density at radius 1 is 0.824 bits per heavy atom. The molecule has 1 aliphatic rings. The molecular formula is C27H26N2O5. The molecule has 0 aromatic heterocycles. The molecule has 3 aromatic rings. The zero-order valence-corrected chi connectivity index (χ0v) is 18.6. The summed E-state index contributed by atoms with van der Waals surface area (Å²) >= 11 is 0. The zero-order chi connectivity index (χ0) is 23.9. The number of primary amides is 1. The molecule has 0 saturated heterocycles. The van der Waals surface area contributed by atoms with Crippen molar-refractivity contribution in [3.8, 4) is 11.1 Å². The van der Waals surface area contributed by atoms with Crippen LogP contribution in [0.1, 0.15) is 35.4 Å². The SMILES string of the molecule is NC(=O)CCC(NC(=O)OCC1c2ccccc2-c2ccccc21)C(=O)OCc1ccccc1. The molecule has 3 N–H and O–H groups in total. The van der Waals surface area contributed by atoms with E-state index in [1.165, 1.54) is 0 Å². The molecule has 1 atom stereocenters. The van der Waals surface area contributed by atoms with Crippen LogP contribution in [0.25, 0.3) is 11.1 Å². The number of nitrogens with two attached hydrogens (primary N) is 1.